The van der Waals surface area contributed by atoms with Crippen LogP contribution in [0.2, 0.25) is 0 Å². The first-order valence-electron chi connectivity index (χ1n) is 7.59. The summed E-state index contributed by atoms with van der Waals surface area (Å²) in [7, 11) is -1.70. The van der Waals surface area contributed by atoms with Crippen LogP contribution in [0, 0.1) is 0 Å². The van der Waals surface area contributed by atoms with Gasteiger partial charge in [-0.3, -0.25) is 4.72 Å². The third kappa shape index (κ3) is 3.27. The zero-order valence-corrected chi connectivity index (χ0v) is 14.1. The van der Waals surface area contributed by atoms with Crippen LogP contribution >= 0.6 is 0 Å². The molecule has 0 bridgehead atoms. The molecule has 0 saturated heterocycles. The summed E-state index contributed by atoms with van der Waals surface area (Å²) < 4.78 is 33.4. The fraction of sp³-hybridized carbons (Fsp3) is 0.294. The summed E-state index contributed by atoms with van der Waals surface area (Å²) >= 11 is 0. The molecule has 1 N–H and O–H groups in total. The molecular weight excluding hydrogens is 312 g/mol. The average Bonchev–Trinajstić information content (AvgIpc) is 2.54. The van der Waals surface area contributed by atoms with Crippen LogP contribution in [-0.2, 0) is 16.4 Å². The fourth-order valence-corrected chi connectivity index (χ4v) is 3.64. The number of hydrogen-bond donors (Lipinski definition) is 1. The summed E-state index contributed by atoms with van der Waals surface area (Å²) in [6, 6.07) is 12.4. The van der Waals surface area contributed by atoms with Crippen LogP contribution in [0.15, 0.2) is 47.4 Å². The van der Waals surface area contributed by atoms with E-state index in [1.54, 1.807) is 24.3 Å². The lowest BCUT2D eigenvalue weighted by atomic mass is 10.1. The van der Waals surface area contributed by atoms with Gasteiger partial charge in [-0.25, -0.2) is 8.42 Å². The molecule has 0 atom stereocenters. The second-order valence-corrected chi connectivity index (χ2v) is 7.24. The van der Waals surface area contributed by atoms with Gasteiger partial charge in [0.25, 0.3) is 10.0 Å². The molecule has 1 heterocycles. The molecule has 23 heavy (non-hydrogen) atoms. The van der Waals surface area contributed by atoms with Crippen LogP contribution in [0.5, 0.6) is 5.75 Å². The minimum atomic E-state index is -3.63. The normalized spacial score (nSPS) is 14.1. The Kier molecular flexibility index (Phi) is 4.17. The van der Waals surface area contributed by atoms with Gasteiger partial charge in [0.05, 0.1) is 17.1 Å². The van der Waals surface area contributed by atoms with Crippen molar-refractivity contribution in [3.63, 3.8) is 0 Å². The van der Waals surface area contributed by atoms with Crippen molar-refractivity contribution in [2.75, 3.05) is 29.8 Å². The van der Waals surface area contributed by atoms with Gasteiger partial charge in [0.15, 0.2) is 0 Å². The SMILES string of the molecule is CCc1cccc(NS(=O)(=O)c2ccc3c(c2)N(C)CCO3)c1. The first-order chi connectivity index (χ1) is 11.0. The maximum atomic E-state index is 12.6. The van der Waals surface area contributed by atoms with Gasteiger partial charge >= 0.3 is 0 Å². The van der Waals surface area contributed by atoms with Crippen LogP contribution < -0.4 is 14.4 Å². The molecule has 2 aromatic rings. The number of hydrogen-bond acceptors (Lipinski definition) is 4. The van der Waals surface area contributed by atoms with Gasteiger partial charge < -0.3 is 9.64 Å². The molecule has 0 amide bonds. The van der Waals surface area contributed by atoms with Crippen LogP contribution in [0.25, 0.3) is 0 Å². The first kappa shape index (κ1) is 15.7. The summed E-state index contributed by atoms with van der Waals surface area (Å²) in [6.45, 7) is 3.38. The van der Waals surface area contributed by atoms with Crippen molar-refractivity contribution < 1.29 is 13.2 Å². The lowest BCUT2D eigenvalue weighted by molar-refractivity contribution is 0.311. The highest BCUT2D eigenvalue weighted by atomic mass is 32.2. The molecule has 0 radical (unpaired) electrons. The Bertz CT molecular complexity index is 818. The Hall–Kier alpha value is -2.21. The van der Waals surface area contributed by atoms with Crippen molar-refractivity contribution in [1.29, 1.82) is 0 Å². The molecule has 2 aromatic carbocycles. The Morgan fingerprint density at radius 3 is 2.83 bits per heavy atom. The molecule has 0 spiro atoms. The topological polar surface area (TPSA) is 58.6 Å². The predicted octanol–water partition coefficient (Wildman–Crippen LogP) is 2.88. The highest BCUT2D eigenvalue weighted by Crippen LogP contribution is 2.33. The van der Waals surface area contributed by atoms with Crippen molar-refractivity contribution in [3.05, 3.63) is 48.0 Å². The summed E-state index contributed by atoms with van der Waals surface area (Å²) in [5.41, 5.74) is 2.46. The number of aryl methyl sites for hydroxylation is 1. The monoisotopic (exact) mass is 332 g/mol. The zero-order valence-electron chi connectivity index (χ0n) is 13.2. The Morgan fingerprint density at radius 2 is 2.04 bits per heavy atom. The number of sulfonamides is 1. The second kappa shape index (κ2) is 6.12. The maximum Gasteiger partial charge on any atom is 0.261 e. The number of ether oxygens (including phenoxy) is 1. The van der Waals surface area contributed by atoms with Crippen molar-refractivity contribution >= 4 is 21.4 Å². The Labute approximate surface area is 136 Å². The number of nitrogens with one attached hydrogen (secondary N) is 1. The van der Waals surface area contributed by atoms with Crippen LogP contribution in [-0.4, -0.2) is 28.6 Å². The zero-order chi connectivity index (χ0) is 16.4. The molecule has 0 unspecified atom stereocenters. The molecule has 6 heteroatoms. The summed E-state index contributed by atoms with van der Waals surface area (Å²) in [5, 5.41) is 0. The van der Waals surface area contributed by atoms with E-state index in [0.29, 0.717) is 18.0 Å². The van der Waals surface area contributed by atoms with Crippen molar-refractivity contribution in [3.8, 4) is 5.75 Å². The van der Waals surface area contributed by atoms with Gasteiger partial charge in [-0.1, -0.05) is 19.1 Å². The van der Waals surface area contributed by atoms with Gasteiger partial charge in [-0.05, 0) is 42.3 Å². The molecule has 0 aromatic heterocycles. The quantitative estimate of drug-likeness (QED) is 0.935. The van der Waals surface area contributed by atoms with Crippen LogP contribution in [0.1, 0.15) is 12.5 Å². The van der Waals surface area contributed by atoms with Gasteiger partial charge in [0.1, 0.15) is 12.4 Å². The van der Waals surface area contributed by atoms with Gasteiger partial charge in [0, 0.05) is 12.7 Å². The van der Waals surface area contributed by atoms with E-state index in [1.807, 2.05) is 37.1 Å². The fourth-order valence-electron chi connectivity index (χ4n) is 2.57. The van der Waals surface area contributed by atoms with E-state index >= 15 is 0 Å². The third-order valence-electron chi connectivity index (χ3n) is 3.92. The predicted molar refractivity (Wildman–Crippen MR) is 91.8 cm³/mol. The lowest BCUT2D eigenvalue weighted by Crippen LogP contribution is -2.29. The molecule has 3 rings (SSSR count). The van der Waals surface area contributed by atoms with Crippen molar-refractivity contribution in [2.24, 2.45) is 0 Å². The number of benzene rings is 2. The van der Waals surface area contributed by atoms with E-state index in [2.05, 4.69) is 4.72 Å². The first-order valence-corrected chi connectivity index (χ1v) is 9.07. The Morgan fingerprint density at radius 1 is 1.22 bits per heavy atom. The largest absolute Gasteiger partial charge is 0.490 e. The third-order valence-corrected chi connectivity index (χ3v) is 5.30. The lowest BCUT2D eigenvalue weighted by Gasteiger charge is -2.28. The minimum absolute atomic E-state index is 0.232. The molecule has 122 valence electrons. The van der Waals surface area contributed by atoms with Crippen LogP contribution in [0.4, 0.5) is 11.4 Å². The number of nitrogens with zero attached hydrogens (tertiary/aromatic N) is 1. The number of anilines is 2. The van der Waals surface area contributed by atoms with E-state index in [0.717, 1.165) is 24.2 Å². The maximum absolute atomic E-state index is 12.6. The number of likely N-dealkylation sites (N-methyl/N-ethyl adjacent to an activating group) is 1. The molecule has 0 saturated carbocycles. The summed E-state index contributed by atoms with van der Waals surface area (Å²) in [5.74, 6) is 0.714. The molecule has 1 aliphatic heterocycles. The molecule has 0 fully saturated rings. The second-order valence-electron chi connectivity index (χ2n) is 5.56. The average molecular weight is 332 g/mol. The van der Waals surface area contributed by atoms with Gasteiger partial charge in [-0.15, -0.1) is 0 Å². The van der Waals surface area contributed by atoms with E-state index in [4.69, 9.17) is 4.74 Å². The molecule has 1 aliphatic rings. The van der Waals surface area contributed by atoms with E-state index in [-0.39, 0.29) is 4.90 Å². The van der Waals surface area contributed by atoms with Crippen molar-refractivity contribution in [2.45, 2.75) is 18.2 Å². The van der Waals surface area contributed by atoms with E-state index < -0.39 is 10.0 Å². The Balaban J connectivity index is 1.92. The van der Waals surface area contributed by atoms with E-state index in [1.165, 1.54) is 0 Å². The molecule has 5 nitrogen and oxygen atoms in total. The van der Waals surface area contributed by atoms with Crippen molar-refractivity contribution in [1.82, 2.24) is 0 Å². The summed E-state index contributed by atoms with van der Waals surface area (Å²) in [4.78, 5) is 2.23. The number of fused-ring (bicyclic) bond motifs is 1. The van der Waals surface area contributed by atoms with Gasteiger partial charge in [-0.2, -0.15) is 0 Å². The highest BCUT2D eigenvalue weighted by molar-refractivity contribution is 7.92. The van der Waals surface area contributed by atoms with Crippen LogP contribution in [0.3, 0.4) is 0 Å². The molecule has 0 aliphatic carbocycles. The minimum Gasteiger partial charge on any atom is -0.490 e. The molecular formula is C17H20N2O3S. The van der Waals surface area contributed by atoms with Gasteiger partial charge in [0.2, 0.25) is 0 Å². The number of rotatable bonds is 4. The smallest absolute Gasteiger partial charge is 0.261 e. The standard InChI is InChI=1S/C17H20N2O3S/c1-3-13-5-4-6-14(11-13)18-23(20,21)15-7-8-17-16(12-15)19(2)9-10-22-17/h4-8,11-12,18H,3,9-10H2,1-2H3. The van der Waals surface area contributed by atoms with E-state index in [9.17, 15) is 8.42 Å². The highest BCUT2D eigenvalue weighted by Gasteiger charge is 2.20. The summed E-state index contributed by atoms with van der Waals surface area (Å²) in [6.07, 6.45) is 0.858.